The van der Waals surface area contributed by atoms with Gasteiger partial charge in [0, 0.05) is 0 Å². The molecule has 0 spiro atoms. The zero-order valence-electron chi connectivity index (χ0n) is 25.2. The molecule has 0 atom stereocenters. The normalized spacial score (nSPS) is 12.3. The fraction of sp³-hybridized carbons (Fsp3) is 0. The number of carbonyl (C=O) groups is 1. The number of phenols is 1. The van der Waals surface area contributed by atoms with Crippen LogP contribution in [0, 0.1) is 0 Å². The van der Waals surface area contributed by atoms with E-state index in [2.05, 4.69) is 30.7 Å². The van der Waals surface area contributed by atoms with Crippen molar-refractivity contribution in [1.29, 1.82) is 0 Å². The lowest BCUT2D eigenvalue weighted by atomic mass is 10.1. The van der Waals surface area contributed by atoms with Crippen molar-refractivity contribution < 1.29 is 40.9 Å². The summed E-state index contributed by atoms with van der Waals surface area (Å²) in [6.45, 7) is 0. The van der Waals surface area contributed by atoms with E-state index in [-0.39, 0.29) is 39.7 Å². The van der Waals surface area contributed by atoms with Crippen LogP contribution in [0.4, 0.5) is 45.5 Å². The van der Waals surface area contributed by atoms with Gasteiger partial charge in [-0.2, -0.15) is 32.2 Å². The summed E-state index contributed by atoms with van der Waals surface area (Å²) in [7, 11) is -9.75. The van der Waals surface area contributed by atoms with E-state index >= 15 is 0 Å². The van der Waals surface area contributed by atoms with Crippen LogP contribution < -0.4 is 11.5 Å². The largest absolute Gasteiger partial charge is 0.507 e. The molecule has 0 bridgehead atoms. The lowest BCUT2D eigenvalue weighted by Crippen LogP contribution is -2.03. The molecule has 5 aromatic carbocycles. The Balaban J connectivity index is 1.31. The number of hydrogen-bond donors (Lipinski definition) is 6. The number of nitrogen functional groups attached to an aromatic ring is 2. The van der Waals surface area contributed by atoms with Crippen LogP contribution in [-0.2, 0) is 20.2 Å². The van der Waals surface area contributed by atoms with Crippen molar-refractivity contribution in [2.24, 2.45) is 30.7 Å². The van der Waals surface area contributed by atoms with Crippen molar-refractivity contribution in [2.75, 3.05) is 11.5 Å². The molecule has 50 heavy (non-hydrogen) atoms. The van der Waals surface area contributed by atoms with Crippen LogP contribution in [0.3, 0.4) is 0 Å². The number of nitrogens with zero attached hydrogens (tertiary/aromatic N) is 6. The number of hydrogen-bond acceptors (Lipinski definition) is 14. The minimum Gasteiger partial charge on any atom is -0.507 e. The molecule has 0 aliphatic heterocycles. The molecule has 5 aromatic rings. The molecule has 0 amide bonds. The van der Waals surface area contributed by atoms with Gasteiger partial charge in [0.2, 0.25) is 0 Å². The van der Waals surface area contributed by atoms with Crippen molar-refractivity contribution in [1.82, 2.24) is 0 Å². The number of carboxylic acids is 1. The second-order valence-corrected chi connectivity index (χ2v) is 13.1. The Morgan fingerprint density at radius 2 is 1.02 bits per heavy atom. The Bertz CT molecular complexity index is 2430. The highest BCUT2D eigenvalue weighted by molar-refractivity contribution is 7.86. The van der Waals surface area contributed by atoms with E-state index in [0.717, 1.165) is 23.3 Å². The summed E-state index contributed by atoms with van der Waals surface area (Å²) in [6, 6.07) is 23.0. The Hall–Kier alpha value is -6.41. The number of benzene rings is 5. The maximum atomic E-state index is 11.8. The molecule has 0 unspecified atom stereocenters. The van der Waals surface area contributed by atoms with Crippen LogP contribution in [0.25, 0.3) is 11.1 Å². The smallest absolute Gasteiger partial charge is 0.339 e. The minimum atomic E-state index is -4.97. The standard InChI is InChI=1S/C31H24N8O9S2/c32-24-15-25(33)28(39-37-26-11-10-22(49(43,44)45)14-30(26)50(46,47)48)16-27(24)38-35-20-7-3-18(4-8-20)17-1-5-19(6-2-17)34-36-21-9-12-29(40)23(13-21)31(41)42/h1-16,40H,32-33H2,(H,41,42)(H,43,44,45)(H,46,47,48). The van der Waals surface area contributed by atoms with Crippen LogP contribution >= 0.6 is 0 Å². The number of aromatic hydroxyl groups is 1. The Morgan fingerprint density at radius 3 is 1.54 bits per heavy atom. The SMILES string of the molecule is Nc1cc(N)c(N=Nc2ccc(S(=O)(=O)O)cc2S(=O)(=O)O)cc1N=Nc1ccc(-c2ccc(N=Nc3ccc(O)c(C(=O)O)c3)cc2)cc1. The van der Waals surface area contributed by atoms with E-state index < -0.39 is 41.7 Å². The minimum absolute atomic E-state index is 0.000277. The number of rotatable bonds is 10. The maximum Gasteiger partial charge on any atom is 0.339 e. The third-order valence-corrected chi connectivity index (χ3v) is 8.51. The van der Waals surface area contributed by atoms with Gasteiger partial charge in [-0.25, -0.2) is 4.79 Å². The molecule has 19 heteroatoms. The summed E-state index contributed by atoms with van der Waals surface area (Å²) in [5.74, 6) is -1.66. The van der Waals surface area contributed by atoms with Crippen molar-refractivity contribution in [2.45, 2.75) is 9.79 Å². The summed E-state index contributed by atoms with van der Waals surface area (Å²) in [6.07, 6.45) is 0. The van der Waals surface area contributed by atoms with Crippen molar-refractivity contribution in [3.63, 3.8) is 0 Å². The molecule has 0 fully saturated rings. The topological polar surface area (TPSA) is 292 Å². The van der Waals surface area contributed by atoms with E-state index in [0.29, 0.717) is 17.4 Å². The molecule has 254 valence electrons. The van der Waals surface area contributed by atoms with Crippen LogP contribution in [-0.4, -0.2) is 42.1 Å². The summed E-state index contributed by atoms with van der Waals surface area (Å²) >= 11 is 0. The van der Waals surface area contributed by atoms with Gasteiger partial charge in [-0.1, -0.05) is 24.3 Å². The molecule has 0 saturated heterocycles. The van der Waals surface area contributed by atoms with Crippen LogP contribution in [0.1, 0.15) is 10.4 Å². The molecule has 0 heterocycles. The highest BCUT2D eigenvalue weighted by Gasteiger charge is 2.21. The fourth-order valence-corrected chi connectivity index (χ4v) is 5.49. The fourth-order valence-electron chi connectivity index (χ4n) is 4.26. The van der Waals surface area contributed by atoms with Gasteiger partial charge < -0.3 is 21.7 Å². The van der Waals surface area contributed by atoms with Crippen LogP contribution in [0.2, 0.25) is 0 Å². The number of carboxylic acid groups (broad SMARTS) is 1. The molecule has 0 radical (unpaired) electrons. The first-order valence-corrected chi connectivity index (χ1v) is 16.8. The first kappa shape index (κ1) is 34.9. The van der Waals surface area contributed by atoms with Crippen molar-refractivity contribution >= 4 is 71.7 Å². The monoisotopic (exact) mass is 716 g/mol. The van der Waals surface area contributed by atoms with Crippen LogP contribution in [0.15, 0.2) is 138 Å². The van der Waals surface area contributed by atoms with Gasteiger partial charge in [-0.05, 0) is 83.9 Å². The predicted molar refractivity (Wildman–Crippen MR) is 181 cm³/mol. The maximum absolute atomic E-state index is 11.8. The van der Waals surface area contributed by atoms with E-state index in [1.165, 1.54) is 30.3 Å². The number of anilines is 2. The Morgan fingerprint density at radius 1 is 0.540 bits per heavy atom. The van der Waals surface area contributed by atoms with E-state index in [1.807, 2.05) is 12.1 Å². The molecule has 0 aliphatic rings. The second-order valence-electron chi connectivity index (χ2n) is 10.2. The molecule has 0 aliphatic carbocycles. The summed E-state index contributed by atoms with van der Waals surface area (Å²) < 4.78 is 65.2. The molecule has 5 rings (SSSR count). The van der Waals surface area contributed by atoms with Gasteiger partial charge in [0.05, 0.1) is 33.3 Å². The highest BCUT2D eigenvalue weighted by atomic mass is 32.2. The number of nitrogens with two attached hydrogens (primary N) is 2. The van der Waals surface area contributed by atoms with Gasteiger partial charge in [0.15, 0.2) is 0 Å². The zero-order valence-corrected chi connectivity index (χ0v) is 26.9. The van der Waals surface area contributed by atoms with E-state index in [9.17, 15) is 35.8 Å². The predicted octanol–water partition coefficient (Wildman–Crippen LogP) is 7.66. The molecule has 0 aromatic heterocycles. The molecule has 8 N–H and O–H groups in total. The third-order valence-electron chi connectivity index (χ3n) is 6.78. The third kappa shape index (κ3) is 8.35. The van der Waals surface area contributed by atoms with Crippen molar-refractivity contribution in [3.8, 4) is 16.9 Å². The van der Waals surface area contributed by atoms with E-state index in [4.69, 9.17) is 16.6 Å². The molecular formula is C31H24N8O9S2. The van der Waals surface area contributed by atoms with Crippen LogP contribution in [0.5, 0.6) is 5.75 Å². The average molecular weight is 717 g/mol. The first-order valence-electron chi connectivity index (χ1n) is 13.9. The van der Waals surface area contributed by atoms with Crippen molar-refractivity contribution in [3.05, 3.63) is 103 Å². The summed E-state index contributed by atoms with van der Waals surface area (Å²) in [5, 5.41) is 42.9. The van der Waals surface area contributed by atoms with E-state index in [1.54, 1.807) is 36.4 Å². The summed E-state index contributed by atoms with van der Waals surface area (Å²) in [5.41, 5.74) is 14.6. The summed E-state index contributed by atoms with van der Waals surface area (Å²) in [4.78, 5) is 9.51. The molecule has 0 saturated carbocycles. The Kier molecular flexibility index (Phi) is 9.76. The quantitative estimate of drug-likeness (QED) is 0.0463. The second kappa shape index (κ2) is 14.0. The lowest BCUT2D eigenvalue weighted by Gasteiger charge is -2.06. The highest BCUT2D eigenvalue weighted by Crippen LogP contribution is 2.37. The Labute approximate surface area is 283 Å². The lowest BCUT2D eigenvalue weighted by molar-refractivity contribution is 0.0693. The van der Waals surface area contributed by atoms with Gasteiger partial charge in [-0.3, -0.25) is 9.11 Å². The number of azo groups is 3. The zero-order chi connectivity index (χ0) is 36.2. The number of aromatic carboxylic acids is 1. The van der Waals surface area contributed by atoms with Gasteiger partial charge in [-0.15, -0.1) is 15.3 Å². The van der Waals surface area contributed by atoms with Gasteiger partial charge in [0.25, 0.3) is 20.2 Å². The van der Waals surface area contributed by atoms with Gasteiger partial charge >= 0.3 is 5.97 Å². The first-order chi connectivity index (χ1) is 23.6. The average Bonchev–Trinajstić information content (AvgIpc) is 3.06. The molecular weight excluding hydrogens is 693 g/mol. The van der Waals surface area contributed by atoms with Gasteiger partial charge in [0.1, 0.15) is 33.3 Å². The molecule has 17 nitrogen and oxygen atoms in total.